The normalized spacial score (nSPS) is 33.7. The Hall–Kier alpha value is -0.130. The first-order valence-corrected chi connectivity index (χ1v) is 8.74. The molecular weight excluding hydrogens is 248 g/mol. The number of hydrogen-bond donors (Lipinski definition) is 1. The molecular formula is C13H26N2O2S. The van der Waals surface area contributed by atoms with Gasteiger partial charge in [-0.2, -0.15) is 0 Å². The molecule has 0 saturated carbocycles. The molecule has 2 rings (SSSR count). The molecule has 2 atom stereocenters. The standard InChI is InChI=1S/C13H26N2O2S/c1-13(2,3)12-9-15(6-5-14-12)8-11-4-7-18(16,17)10-11/h11-12,14H,4-10H2,1-3H3. The zero-order valence-corrected chi connectivity index (χ0v) is 12.6. The number of hydrogen-bond acceptors (Lipinski definition) is 4. The second-order valence-electron chi connectivity index (χ2n) is 6.90. The molecule has 0 bridgehead atoms. The van der Waals surface area contributed by atoms with Crippen LogP contribution in [-0.2, 0) is 9.84 Å². The Bertz CT molecular complexity index is 386. The molecule has 2 fully saturated rings. The maximum Gasteiger partial charge on any atom is 0.150 e. The zero-order valence-electron chi connectivity index (χ0n) is 11.8. The minimum absolute atomic E-state index is 0.264. The number of rotatable bonds is 2. The lowest BCUT2D eigenvalue weighted by molar-refractivity contribution is 0.123. The van der Waals surface area contributed by atoms with Crippen molar-refractivity contribution >= 4 is 9.84 Å². The van der Waals surface area contributed by atoms with E-state index in [4.69, 9.17) is 0 Å². The van der Waals surface area contributed by atoms with Crippen molar-refractivity contribution < 1.29 is 8.42 Å². The van der Waals surface area contributed by atoms with E-state index in [0.29, 0.717) is 23.5 Å². The lowest BCUT2D eigenvalue weighted by atomic mass is 9.85. The maximum absolute atomic E-state index is 11.5. The van der Waals surface area contributed by atoms with E-state index in [1.807, 2.05) is 0 Å². The van der Waals surface area contributed by atoms with E-state index >= 15 is 0 Å². The van der Waals surface area contributed by atoms with Crippen LogP contribution >= 0.6 is 0 Å². The molecule has 0 spiro atoms. The summed E-state index contributed by atoms with van der Waals surface area (Å²) in [6, 6.07) is 0.504. The third kappa shape index (κ3) is 3.68. The van der Waals surface area contributed by atoms with Crippen molar-refractivity contribution in [2.45, 2.75) is 33.2 Å². The summed E-state index contributed by atoms with van der Waals surface area (Å²) in [5.41, 5.74) is 0.264. The van der Waals surface area contributed by atoms with Gasteiger partial charge in [-0.25, -0.2) is 8.42 Å². The van der Waals surface area contributed by atoms with Crippen molar-refractivity contribution in [1.29, 1.82) is 0 Å². The summed E-state index contributed by atoms with van der Waals surface area (Å²) in [5, 5.41) is 3.57. The van der Waals surface area contributed by atoms with Crippen LogP contribution in [0.15, 0.2) is 0 Å². The minimum atomic E-state index is -2.73. The predicted molar refractivity (Wildman–Crippen MR) is 74.4 cm³/mol. The fourth-order valence-corrected chi connectivity index (χ4v) is 4.79. The van der Waals surface area contributed by atoms with Gasteiger partial charge < -0.3 is 10.2 Å². The first kappa shape index (κ1) is 14.3. The van der Waals surface area contributed by atoms with Gasteiger partial charge in [-0.15, -0.1) is 0 Å². The van der Waals surface area contributed by atoms with Crippen molar-refractivity contribution in [3.8, 4) is 0 Å². The third-order valence-corrected chi connectivity index (χ3v) is 5.99. The van der Waals surface area contributed by atoms with E-state index in [1.165, 1.54) is 0 Å². The van der Waals surface area contributed by atoms with E-state index in [9.17, 15) is 8.42 Å². The van der Waals surface area contributed by atoms with Gasteiger partial charge in [-0.1, -0.05) is 20.8 Å². The molecule has 2 aliphatic rings. The Morgan fingerprint density at radius 3 is 2.61 bits per heavy atom. The van der Waals surface area contributed by atoms with Gasteiger partial charge in [0, 0.05) is 32.2 Å². The lowest BCUT2D eigenvalue weighted by Gasteiger charge is -2.41. The average Bonchev–Trinajstić information content (AvgIpc) is 2.57. The SMILES string of the molecule is CC(C)(C)C1CN(CC2CCS(=O)(=O)C2)CCN1. The first-order chi connectivity index (χ1) is 8.26. The first-order valence-electron chi connectivity index (χ1n) is 6.92. The van der Waals surface area contributed by atoms with Crippen molar-refractivity contribution in [3.05, 3.63) is 0 Å². The number of piperazine rings is 1. The highest BCUT2D eigenvalue weighted by molar-refractivity contribution is 7.91. The quantitative estimate of drug-likeness (QED) is 0.807. The number of nitrogens with one attached hydrogen (secondary N) is 1. The zero-order chi connectivity index (χ0) is 13.4. The number of nitrogens with zero attached hydrogens (tertiary/aromatic N) is 1. The molecule has 2 heterocycles. The van der Waals surface area contributed by atoms with Crippen molar-refractivity contribution in [2.75, 3.05) is 37.7 Å². The lowest BCUT2D eigenvalue weighted by Crippen LogP contribution is -2.56. The average molecular weight is 274 g/mol. The predicted octanol–water partition coefficient (Wildman–Crippen LogP) is 0.741. The Balaban J connectivity index is 1.87. The summed E-state index contributed by atoms with van der Waals surface area (Å²) in [6.45, 7) is 10.8. The summed E-state index contributed by atoms with van der Waals surface area (Å²) in [4.78, 5) is 2.44. The fraction of sp³-hybridized carbons (Fsp3) is 1.00. The Labute approximate surface area is 111 Å². The van der Waals surface area contributed by atoms with E-state index in [2.05, 4.69) is 31.0 Å². The van der Waals surface area contributed by atoms with Gasteiger partial charge in [0.1, 0.15) is 0 Å². The van der Waals surface area contributed by atoms with Gasteiger partial charge in [-0.05, 0) is 17.8 Å². The summed E-state index contributed by atoms with van der Waals surface area (Å²) in [6.07, 6.45) is 0.854. The Kier molecular flexibility index (Phi) is 4.04. The summed E-state index contributed by atoms with van der Waals surface area (Å²) >= 11 is 0. The molecule has 0 amide bonds. The van der Waals surface area contributed by atoms with Gasteiger partial charge in [0.25, 0.3) is 0 Å². The van der Waals surface area contributed by atoms with Crippen molar-refractivity contribution in [1.82, 2.24) is 10.2 Å². The monoisotopic (exact) mass is 274 g/mol. The molecule has 0 aromatic carbocycles. The third-order valence-electron chi connectivity index (χ3n) is 4.15. The van der Waals surface area contributed by atoms with Crippen LogP contribution in [-0.4, -0.2) is 57.0 Å². The van der Waals surface area contributed by atoms with E-state index < -0.39 is 9.84 Å². The molecule has 106 valence electrons. The van der Waals surface area contributed by atoms with Crippen molar-refractivity contribution in [3.63, 3.8) is 0 Å². The maximum atomic E-state index is 11.5. The molecule has 2 unspecified atom stereocenters. The van der Waals surface area contributed by atoms with Crippen LogP contribution in [0.2, 0.25) is 0 Å². The summed E-state index contributed by atoms with van der Waals surface area (Å²) in [7, 11) is -2.73. The highest BCUT2D eigenvalue weighted by Crippen LogP contribution is 2.24. The molecule has 0 radical (unpaired) electrons. The summed E-state index contributed by atoms with van der Waals surface area (Å²) in [5.74, 6) is 1.15. The molecule has 1 N–H and O–H groups in total. The van der Waals surface area contributed by atoms with Gasteiger partial charge in [0.15, 0.2) is 9.84 Å². The van der Waals surface area contributed by atoms with Gasteiger partial charge in [-0.3, -0.25) is 0 Å². The molecule has 0 aromatic heterocycles. The second-order valence-corrected chi connectivity index (χ2v) is 9.13. The Morgan fingerprint density at radius 1 is 1.33 bits per heavy atom. The van der Waals surface area contributed by atoms with Gasteiger partial charge >= 0.3 is 0 Å². The van der Waals surface area contributed by atoms with Crippen molar-refractivity contribution in [2.24, 2.45) is 11.3 Å². The Morgan fingerprint density at radius 2 is 2.06 bits per heavy atom. The van der Waals surface area contributed by atoms with Gasteiger partial charge in [0.05, 0.1) is 11.5 Å². The van der Waals surface area contributed by atoms with Crippen LogP contribution in [0.1, 0.15) is 27.2 Å². The van der Waals surface area contributed by atoms with Crippen LogP contribution in [0.3, 0.4) is 0 Å². The summed E-state index contributed by atoms with van der Waals surface area (Å²) < 4.78 is 23.0. The van der Waals surface area contributed by atoms with E-state index in [-0.39, 0.29) is 5.41 Å². The largest absolute Gasteiger partial charge is 0.311 e. The van der Waals surface area contributed by atoms with E-state index in [0.717, 1.165) is 32.6 Å². The fourth-order valence-electron chi connectivity index (χ4n) is 2.94. The smallest absolute Gasteiger partial charge is 0.150 e. The van der Waals surface area contributed by atoms with Crippen LogP contribution in [0.4, 0.5) is 0 Å². The number of sulfone groups is 1. The molecule has 2 saturated heterocycles. The molecule has 0 aliphatic carbocycles. The van der Waals surface area contributed by atoms with Crippen LogP contribution in [0.25, 0.3) is 0 Å². The van der Waals surface area contributed by atoms with E-state index in [1.54, 1.807) is 0 Å². The van der Waals surface area contributed by atoms with Crippen LogP contribution in [0, 0.1) is 11.3 Å². The molecule has 5 heteroatoms. The molecule has 2 aliphatic heterocycles. The molecule has 0 aromatic rings. The van der Waals surface area contributed by atoms with Gasteiger partial charge in [0.2, 0.25) is 0 Å². The highest BCUT2D eigenvalue weighted by atomic mass is 32.2. The van der Waals surface area contributed by atoms with Crippen LogP contribution < -0.4 is 5.32 Å². The second kappa shape index (κ2) is 5.10. The molecule has 4 nitrogen and oxygen atoms in total. The minimum Gasteiger partial charge on any atom is -0.311 e. The van der Waals surface area contributed by atoms with Crippen LogP contribution in [0.5, 0.6) is 0 Å². The highest BCUT2D eigenvalue weighted by Gasteiger charge is 2.33. The topological polar surface area (TPSA) is 49.4 Å². The molecule has 18 heavy (non-hydrogen) atoms.